The lowest BCUT2D eigenvalue weighted by Gasteiger charge is -2.04. The van der Waals surface area contributed by atoms with Gasteiger partial charge >= 0.3 is 5.69 Å². The number of hydrazone groups is 1. The Morgan fingerprint density at radius 3 is 2.83 bits per heavy atom. The van der Waals surface area contributed by atoms with Crippen molar-refractivity contribution in [2.24, 2.45) is 12.1 Å². The Balaban J connectivity index is 2.03. The zero-order valence-corrected chi connectivity index (χ0v) is 13.1. The van der Waals surface area contributed by atoms with E-state index in [9.17, 15) is 14.7 Å². The molecule has 1 aromatic carbocycles. The van der Waals surface area contributed by atoms with Crippen LogP contribution in [0, 0.1) is 0 Å². The molecule has 0 atom stereocenters. The van der Waals surface area contributed by atoms with E-state index in [1.54, 1.807) is 28.8 Å². The molecule has 2 heterocycles. The van der Waals surface area contributed by atoms with Crippen LogP contribution in [0.1, 0.15) is 12.5 Å². The number of aromatic nitrogens is 4. The maximum atomic E-state index is 12.1. The number of nitrogens with zero attached hydrogens (tertiary/aromatic N) is 4. The van der Waals surface area contributed by atoms with Crippen LogP contribution in [0.2, 0.25) is 0 Å². The number of H-pyrrole nitrogens is 1. The molecular weight excluding hydrogens is 312 g/mol. The summed E-state index contributed by atoms with van der Waals surface area (Å²) in [6, 6.07) is 6.75. The van der Waals surface area contributed by atoms with E-state index in [2.05, 4.69) is 20.5 Å². The Morgan fingerprint density at radius 2 is 2.12 bits per heavy atom. The van der Waals surface area contributed by atoms with Crippen molar-refractivity contribution in [1.82, 2.24) is 19.1 Å². The van der Waals surface area contributed by atoms with Crippen LogP contribution < -0.4 is 16.7 Å². The van der Waals surface area contributed by atoms with Crippen molar-refractivity contribution in [2.45, 2.75) is 13.5 Å². The number of aromatic hydroxyl groups is 1. The van der Waals surface area contributed by atoms with Gasteiger partial charge < -0.3 is 9.67 Å². The number of rotatable bonds is 4. The molecule has 24 heavy (non-hydrogen) atoms. The molecular formula is C15H16N6O3. The minimum Gasteiger partial charge on any atom is -0.507 e. The van der Waals surface area contributed by atoms with Crippen molar-refractivity contribution >= 4 is 23.3 Å². The van der Waals surface area contributed by atoms with Gasteiger partial charge in [-0.25, -0.2) is 10.2 Å². The second-order valence-electron chi connectivity index (χ2n) is 5.10. The van der Waals surface area contributed by atoms with Gasteiger partial charge in [-0.05, 0) is 19.1 Å². The average Bonchev–Trinajstić information content (AvgIpc) is 2.94. The van der Waals surface area contributed by atoms with Gasteiger partial charge in [0.2, 0.25) is 5.95 Å². The first kappa shape index (κ1) is 15.5. The summed E-state index contributed by atoms with van der Waals surface area (Å²) >= 11 is 0. The fraction of sp³-hybridized carbons (Fsp3) is 0.200. The van der Waals surface area contributed by atoms with Crippen molar-refractivity contribution in [3.63, 3.8) is 0 Å². The van der Waals surface area contributed by atoms with Crippen LogP contribution in [-0.4, -0.2) is 30.4 Å². The summed E-state index contributed by atoms with van der Waals surface area (Å²) in [4.78, 5) is 30.3. The van der Waals surface area contributed by atoms with Crippen molar-refractivity contribution < 1.29 is 5.11 Å². The van der Waals surface area contributed by atoms with Crippen LogP contribution in [0.3, 0.4) is 0 Å². The smallest absolute Gasteiger partial charge is 0.329 e. The quantitative estimate of drug-likeness (QED) is 0.479. The zero-order valence-electron chi connectivity index (χ0n) is 13.1. The molecule has 0 bridgehead atoms. The van der Waals surface area contributed by atoms with Gasteiger partial charge in [0.15, 0.2) is 11.2 Å². The highest BCUT2D eigenvalue weighted by molar-refractivity contribution is 5.83. The van der Waals surface area contributed by atoms with Gasteiger partial charge in [0.05, 0.1) is 6.21 Å². The van der Waals surface area contributed by atoms with Crippen molar-refractivity contribution in [1.29, 1.82) is 0 Å². The molecule has 0 amide bonds. The molecule has 9 nitrogen and oxygen atoms in total. The molecule has 9 heteroatoms. The number of aryl methyl sites for hydroxylation is 2. The molecule has 2 aromatic heterocycles. The SMILES string of the molecule is CCn1c(N/N=C/c2ccccc2O)nc2c1c(=O)[nH]c(=O)n2C. The average molecular weight is 328 g/mol. The topological polar surface area (TPSA) is 117 Å². The summed E-state index contributed by atoms with van der Waals surface area (Å²) in [6.45, 7) is 2.32. The summed E-state index contributed by atoms with van der Waals surface area (Å²) in [7, 11) is 1.53. The first-order valence-corrected chi connectivity index (χ1v) is 7.29. The second-order valence-corrected chi connectivity index (χ2v) is 5.10. The number of hydrogen-bond donors (Lipinski definition) is 3. The number of fused-ring (bicyclic) bond motifs is 1. The van der Waals surface area contributed by atoms with Crippen LogP contribution in [0.4, 0.5) is 5.95 Å². The standard InChI is InChI=1S/C15H16N6O3/c1-3-21-11-12(20(2)15(24)18-13(11)23)17-14(21)19-16-8-9-6-4-5-7-10(9)22/h4-8,22H,3H2,1-2H3,(H,17,19)(H,18,23,24)/b16-8+. The number of aromatic amines is 1. The lowest BCUT2D eigenvalue weighted by Crippen LogP contribution is -2.29. The Kier molecular flexibility index (Phi) is 3.90. The highest BCUT2D eigenvalue weighted by Gasteiger charge is 2.15. The third-order valence-corrected chi connectivity index (χ3v) is 3.63. The van der Waals surface area contributed by atoms with Crippen LogP contribution in [0.25, 0.3) is 11.2 Å². The molecule has 0 spiro atoms. The van der Waals surface area contributed by atoms with Gasteiger partial charge in [0, 0.05) is 19.2 Å². The largest absolute Gasteiger partial charge is 0.507 e. The molecule has 0 unspecified atom stereocenters. The molecule has 3 aromatic rings. The van der Waals surface area contributed by atoms with E-state index in [1.807, 2.05) is 6.92 Å². The lowest BCUT2D eigenvalue weighted by molar-refractivity contribution is 0.474. The van der Waals surface area contributed by atoms with Gasteiger partial charge in [0.1, 0.15) is 5.75 Å². The minimum atomic E-state index is -0.530. The summed E-state index contributed by atoms with van der Waals surface area (Å²) in [5.41, 5.74) is 2.81. The van der Waals surface area contributed by atoms with Crippen molar-refractivity contribution in [3.8, 4) is 5.75 Å². The van der Waals surface area contributed by atoms with Crippen molar-refractivity contribution in [3.05, 3.63) is 50.7 Å². The Labute approximate surface area is 135 Å². The van der Waals surface area contributed by atoms with Crippen LogP contribution in [0.5, 0.6) is 5.75 Å². The predicted molar refractivity (Wildman–Crippen MR) is 90.6 cm³/mol. The Morgan fingerprint density at radius 1 is 1.38 bits per heavy atom. The maximum absolute atomic E-state index is 12.1. The second kappa shape index (κ2) is 6.03. The van der Waals surface area contributed by atoms with E-state index in [0.717, 1.165) is 0 Å². The number of benzene rings is 1. The van der Waals surface area contributed by atoms with Crippen LogP contribution in [0.15, 0.2) is 39.0 Å². The number of para-hydroxylation sites is 1. The first-order valence-electron chi connectivity index (χ1n) is 7.29. The lowest BCUT2D eigenvalue weighted by atomic mass is 10.2. The summed E-state index contributed by atoms with van der Waals surface area (Å²) in [5.74, 6) is 0.428. The van der Waals surface area contributed by atoms with E-state index in [4.69, 9.17) is 0 Å². The highest BCUT2D eigenvalue weighted by Crippen LogP contribution is 2.16. The third kappa shape index (κ3) is 2.56. The minimum absolute atomic E-state index is 0.103. The zero-order chi connectivity index (χ0) is 17.3. The van der Waals surface area contributed by atoms with Gasteiger partial charge in [0.25, 0.3) is 5.56 Å². The highest BCUT2D eigenvalue weighted by atomic mass is 16.3. The molecule has 0 aliphatic rings. The fourth-order valence-corrected chi connectivity index (χ4v) is 2.38. The van der Waals surface area contributed by atoms with Crippen LogP contribution in [-0.2, 0) is 13.6 Å². The van der Waals surface area contributed by atoms with Crippen LogP contribution >= 0.6 is 0 Å². The fourth-order valence-electron chi connectivity index (χ4n) is 2.38. The van der Waals surface area contributed by atoms with Crippen molar-refractivity contribution in [2.75, 3.05) is 5.43 Å². The Bertz CT molecular complexity index is 1040. The summed E-state index contributed by atoms with van der Waals surface area (Å²) in [5, 5.41) is 13.7. The molecule has 0 aliphatic heterocycles. The molecule has 0 fully saturated rings. The number of anilines is 1. The van der Waals surface area contributed by atoms with Gasteiger partial charge in [-0.2, -0.15) is 10.1 Å². The number of phenolic OH excluding ortho intramolecular Hbond substituents is 1. The van der Waals surface area contributed by atoms with Gasteiger partial charge in [-0.3, -0.25) is 14.3 Å². The number of hydrogen-bond acceptors (Lipinski definition) is 6. The molecule has 0 aliphatic carbocycles. The third-order valence-electron chi connectivity index (χ3n) is 3.63. The molecule has 124 valence electrons. The number of phenols is 1. The number of nitrogens with one attached hydrogen (secondary N) is 2. The van der Waals surface area contributed by atoms with Gasteiger partial charge in [-0.15, -0.1) is 0 Å². The van der Waals surface area contributed by atoms with Gasteiger partial charge in [-0.1, -0.05) is 12.1 Å². The first-order chi connectivity index (χ1) is 11.5. The van der Waals surface area contributed by atoms with E-state index in [1.165, 1.54) is 17.8 Å². The monoisotopic (exact) mass is 328 g/mol. The number of imidazole rings is 1. The molecule has 0 radical (unpaired) electrons. The normalized spacial score (nSPS) is 11.4. The Hall–Kier alpha value is -3.36. The van der Waals surface area contributed by atoms with E-state index in [-0.39, 0.29) is 11.4 Å². The molecule has 3 N–H and O–H groups in total. The summed E-state index contributed by atoms with van der Waals surface area (Å²) < 4.78 is 2.89. The van der Waals surface area contributed by atoms with E-state index >= 15 is 0 Å². The summed E-state index contributed by atoms with van der Waals surface area (Å²) in [6.07, 6.45) is 1.44. The maximum Gasteiger partial charge on any atom is 0.329 e. The van der Waals surface area contributed by atoms with E-state index < -0.39 is 11.2 Å². The van der Waals surface area contributed by atoms with E-state index in [0.29, 0.717) is 23.6 Å². The molecule has 0 saturated carbocycles. The molecule has 0 saturated heterocycles. The molecule has 3 rings (SSSR count). The predicted octanol–water partition coefficient (Wildman–Crippen LogP) is 0.595.